The molecule has 2 aromatic carbocycles. The fourth-order valence-corrected chi connectivity index (χ4v) is 4.21. The number of methoxy groups -OCH3 is 1. The maximum Gasteiger partial charge on any atom is 0.158 e. The molecule has 1 saturated heterocycles. The number of hydrogen-bond acceptors (Lipinski definition) is 6. The number of piperazine rings is 1. The van der Waals surface area contributed by atoms with Gasteiger partial charge >= 0.3 is 0 Å². The van der Waals surface area contributed by atoms with Gasteiger partial charge in [-0.25, -0.2) is 13.8 Å². The number of halogens is 2. The van der Waals surface area contributed by atoms with E-state index in [-0.39, 0.29) is 5.69 Å². The van der Waals surface area contributed by atoms with Gasteiger partial charge in [0.1, 0.15) is 28.9 Å². The molecule has 0 aliphatic carbocycles. The second-order valence-electron chi connectivity index (χ2n) is 8.53. The Balaban J connectivity index is 1.43. The first-order valence-electron chi connectivity index (χ1n) is 11.2. The molecule has 2 N–H and O–H groups in total. The number of nitrogens with one attached hydrogen (secondary N) is 2. The lowest BCUT2D eigenvalue weighted by molar-refractivity contribution is 0.148. The molecule has 4 aromatic rings. The van der Waals surface area contributed by atoms with Gasteiger partial charge in [-0.2, -0.15) is 5.10 Å². The fourth-order valence-electron chi connectivity index (χ4n) is 4.21. The van der Waals surface area contributed by atoms with Gasteiger partial charge in [0.15, 0.2) is 5.65 Å². The summed E-state index contributed by atoms with van der Waals surface area (Å²) in [6, 6.07) is 13.2. The number of pyridine rings is 1. The normalized spacial score (nSPS) is 15.1. The molecule has 9 heteroatoms. The number of ether oxygens (including phenoxy) is 1. The number of rotatable bonds is 6. The molecule has 1 aliphatic heterocycles. The highest BCUT2D eigenvalue weighted by atomic mass is 19.1. The van der Waals surface area contributed by atoms with E-state index in [1.807, 2.05) is 12.1 Å². The summed E-state index contributed by atoms with van der Waals surface area (Å²) in [6.45, 7) is 5.07. The van der Waals surface area contributed by atoms with Crippen LogP contribution in [0.3, 0.4) is 0 Å². The van der Waals surface area contributed by atoms with E-state index < -0.39 is 11.6 Å². The Labute approximate surface area is 196 Å². The molecule has 34 heavy (non-hydrogen) atoms. The SMILES string of the molecule is COc1ccc(CN2CCN(C)CC2)cc1-c1n[nH]c2nc(Nc3ccc(F)cc3F)ccc12. The van der Waals surface area contributed by atoms with Crippen LogP contribution in [0.4, 0.5) is 20.3 Å². The summed E-state index contributed by atoms with van der Waals surface area (Å²) in [5.74, 6) is -0.169. The van der Waals surface area contributed by atoms with Crippen molar-refractivity contribution < 1.29 is 13.5 Å². The molecule has 1 aliphatic rings. The van der Waals surface area contributed by atoms with E-state index in [2.05, 4.69) is 49.5 Å². The summed E-state index contributed by atoms with van der Waals surface area (Å²) in [4.78, 5) is 9.30. The van der Waals surface area contributed by atoms with Gasteiger partial charge in [-0.15, -0.1) is 0 Å². The molecule has 0 spiro atoms. The van der Waals surface area contributed by atoms with E-state index in [1.165, 1.54) is 17.7 Å². The molecule has 7 nitrogen and oxygen atoms in total. The van der Waals surface area contributed by atoms with Gasteiger partial charge in [0.05, 0.1) is 12.8 Å². The van der Waals surface area contributed by atoms with E-state index in [1.54, 1.807) is 13.2 Å². The highest BCUT2D eigenvalue weighted by Gasteiger charge is 2.18. The lowest BCUT2D eigenvalue weighted by Crippen LogP contribution is -2.43. The number of anilines is 2. The highest BCUT2D eigenvalue weighted by molar-refractivity contribution is 5.93. The average Bonchev–Trinajstić information content (AvgIpc) is 3.25. The standard InChI is InChI=1S/C25H26F2N6O/c1-32-9-11-33(12-10-32)15-16-3-7-22(34-2)19(13-16)24-18-5-8-23(29-25(18)31-30-24)28-21-6-4-17(26)14-20(21)27/h3-8,13-14H,9-12,15H2,1-2H3,(H2,28,29,30,31). The molecule has 0 amide bonds. The molecule has 3 heterocycles. The quantitative estimate of drug-likeness (QED) is 0.441. The minimum absolute atomic E-state index is 0.145. The Morgan fingerprint density at radius 3 is 2.62 bits per heavy atom. The first-order chi connectivity index (χ1) is 16.5. The minimum Gasteiger partial charge on any atom is -0.496 e. The first kappa shape index (κ1) is 22.2. The van der Waals surface area contributed by atoms with Crippen LogP contribution in [-0.2, 0) is 6.54 Å². The van der Waals surface area contributed by atoms with E-state index in [9.17, 15) is 8.78 Å². The van der Waals surface area contributed by atoms with Crippen LogP contribution in [0.25, 0.3) is 22.3 Å². The van der Waals surface area contributed by atoms with Gasteiger partial charge in [-0.05, 0) is 49.0 Å². The summed E-state index contributed by atoms with van der Waals surface area (Å²) in [7, 11) is 3.79. The maximum atomic E-state index is 14.0. The molecule has 0 radical (unpaired) electrons. The molecule has 0 atom stereocenters. The molecule has 0 unspecified atom stereocenters. The molecule has 176 valence electrons. The van der Waals surface area contributed by atoms with Crippen molar-refractivity contribution in [3.8, 4) is 17.0 Å². The third-order valence-corrected chi connectivity index (χ3v) is 6.14. The summed E-state index contributed by atoms with van der Waals surface area (Å²) < 4.78 is 32.8. The fraction of sp³-hybridized carbons (Fsp3) is 0.280. The number of H-pyrrole nitrogens is 1. The summed E-state index contributed by atoms with van der Waals surface area (Å²) >= 11 is 0. The largest absolute Gasteiger partial charge is 0.496 e. The van der Waals surface area contributed by atoms with E-state index in [0.29, 0.717) is 11.5 Å². The third kappa shape index (κ3) is 4.57. The van der Waals surface area contributed by atoms with Gasteiger partial charge in [-0.1, -0.05) is 6.07 Å². The van der Waals surface area contributed by atoms with Crippen LogP contribution in [0.1, 0.15) is 5.56 Å². The van der Waals surface area contributed by atoms with Crippen LogP contribution in [-0.4, -0.2) is 65.3 Å². The van der Waals surface area contributed by atoms with Crippen LogP contribution in [0.5, 0.6) is 5.75 Å². The zero-order valence-electron chi connectivity index (χ0n) is 19.1. The van der Waals surface area contributed by atoms with Gasteiger partial charge in [0.2, 0.25) is 0 Å². The smallest absolute Gasteiger partial charge is 0.158 e. The average molecular weight is 465 g/mol. The second kappa shape index (κ2) is 9.36. The van der Waals surface area contributed by atoms with Crippen molar-refractivity contribution in [2.24, 2.45) is 0 Å². The molecule has 5 rings (SSSR count). The van der Waals surface area contributed by atoms with E-state index in [4.69, 9.17) is 4.74 Å². The third-order valence-electron chi connectivity index (χ3n) is 6.14. The number of aromatic nitrogens is 3. The van der Waals surface area contributed by atoms with E-state index >= 15 is 0 Å². The highest BCUT2D eigenvalue weighted by Crippen LogP contribution is 2.35. The lowest BCUT2D eigenvalue weighted by atomic mass is 10.0. The van der Waals surface area contributed by atoms with Crippen LogP contribution < -0.4 is 10.1 Å². The number of hydrogen-bond donors (Lipinski definition) is 2. The molecular weight excluding hydrogens is 438 g/mol. The Hall–Kier alpha value is -3.56. The molecular formula is C25H26F2N6O. The van der Waals surface area contributed by atoms with Crippen molar-refractivity contribution in [2.75, 3.05) is 45.7 Å². The molecule has 1 fully saturated rings. The van der Waals surface area contributed by atoms with Gasteiger partial charge in [0.25, 0.3) is 0 Å². The van der Waals surface area contributed by atoms with Crippen molar-refractivity contribution in [2.45, 2.75) is 6.54 Å². The zero-order chi connectivity index (χ0) is 23.7. The van der Waals surface area contributed by atoms with E-state index in [0.717, 1.165) is 61.2 Å². The van der Waals surface area contributed by atoms with Crippen LogP contribution in [0.2, 0.25) is 0 Å². The topological polar surface area (TPSA) is 69.3 Å². The molecule has 0 saturated carbocycles. The summed E-state index contributed by atoms with van der Waals surface area (Å²) in [5.41, 5.74) is 3.50. The molecule has 0 bridgehead atoms. The van der Waals surface area contributed by atoms with Crippen LogP contribution in [0.15, 0.2) is 48.5 Å². The Bertz CT molecular complexity index is 1320. The second-order valence-corrected chi connectivity index (χ2v) is 8.53. The number of nitrogens with zero attached hydrogens (tertiary/aromatic N) is 4. The zero-order valence-corrected chi connectivity index (χ0v) is 19.1. The van der Waals surface area contributed by atoms with Gasteiger partial charge in [0, 0.05) is 49.7 Å². The first-order valence-corrected chi connectivity index (χ1v) is 11.2. The predicted octanol–water partition coefficient (Wildman–Crippen LogP) is 4.40. The number of aromatic amines is 1. The molecule has 2 aromatic heterocycles. The van der Waals surface area contributed by atoms with Crippen LogP contribution in [0, 0.1) is 11.6 Å². The Morgan fingerprint density at radius 2 is 1.85 bits per heavy atom. The van der Waals surface area contributed by atoms with Crippen molar-refractivity contribution in [1.29, 1.82) is 0 Å². The van der Waals surface area contributed by atoms with Crippen molar-refractivity contribution in [1.82, 2.24) is 25.0 Å². The van der Waals surface area contributed by atoms with Crippen molar-refractivity contribution in [3.63, 3.8) is 0 Å². The minimum atomic E-state index is -0.686. The number of benzene rings is 2. The lowest BCUT2D eigenvalue weighted by Gasteiger charge is -2.32. The monoisotopic (exact) mass is 464 g/mol. The predicted molar refractivity (Wildman–Crippen MR) is 128 cm³/mol. The summed E-state index contributed by atoms with van der Waals surface area (Å²) in [6.07, 6.45) is 0. The maximum absolute atomic E-state index is 14.0. The van der Waals surface area contributed by atoms with Gasteiger partial charge in [-0.3, -0.25) is 10.00 Å². The van der Waals surface area contributed by atoms with Crippen LogP contribution >= 0.6 is 0 Å². The van der Waals surface area contributed by atoms with Crippen molar-refractivity contribution in [3.05, 3.63) is 65.7 Å². The number of likely N-dealkylation sites (N-methyl/N-ethyl adjacent to an activating group) is 1. The van der Waals surface area contributed by atoms with Crippen molar-refractivity contribution >= 4 is 22.5 Å². The van der Waals surface area contributed by atoms with Gasteiger partial charge < -0.3 is 15.0 Å². The Kier molecular flexibility index (Phi) is 6.12. The summed E-state index contributed by atoms with van der Waals surface area (Å²) in [5, 5.41) is 11.2. The number of fused-ring (bicyclic) bond motifs is 1. The Morgan fingerprint density at radius 1 is 1.03 bits per heavy atom.